The molecule has 1 aromatic carbocycles. The van der Waals surface area contributed by atoms with E-state index >= 15 is 0 Å². The minimum atomic E-state index is -0.154. The number of hydrogen-bond donors (Lipinski definition) is 3. The summed E-state index contributed by atoms with van der Waals surface area (Å²) in [6.07, 6.45) is 1.72. The van der Waals surface area contributed by atoms with E-state index in [1.165, 1.54) is 0 Å². The Kier molecular flexibility index (Phi) is 6.91. The predicted octanol–water partition coefficient (Wildman–Crippen LogP) is 2.90. The first-order valence-corrected chi connectivity index (χ1v) is 8.88. The number of carbonyl (C=O) groups excluding carboxylic acids is 1. The molecule has 3 atom stereocenters. The van der Waals surface area contributed by atoms with E-state index in [0.717, 1.165) is 24.2 Å². The molecule has 0 bridgehead atoms. The molecule has 0 aromatic heterocycles. The van der Waals surface area contributed by atoms with Gasteiger partial charge in [-0.25, -0.2) is 4.79 Å². The molecular weight excluding hydrogens is 304 g/mol. The Balaban J connectivity index is 1.81. The normalized spacial score (nSPS) is 18.6. The molecule has 1 heterocycles. The van der Waals surface area contributed by atoms with Crippen LogP contribution >= 0.6 is 0 Å². The van der Waals surface area contributed by atoms with Gasteiger partial charge in [-0.05, 0) is 37.7 Å². The van der Waals surface area contributed by atoms with E-state index in [2.05, 4.69) is 30.5 Å². The fourth-order valence-corrected chi connectivity index (χ4v) is 3.35. The molecule has 0 spiro atoms. The highest BCUT2D eigenvalue weighted by Gasteiger charge is 2.29. The first-order chi connectivity index (χ1) is 11.5. The van der Waals surface area contributed by atoms with E-state index in [9.17, 15) is 4.79 Å². The fraction of sp³-hybridized carbons (Fsp3) is 0.632. The van der Waals surface area contributed by atoms with Crippen molar-refractivity contribution in [3.63, 3.8) is 0 Å². The second-order valence-corrected chi connectivity index (χ2v) is 7.11. The zero-order chi connectivity index (χ0) is 17.5. The van der Waals surface area contributed by atoms with E-state index < -0.39 is 0 Å². The molecule has 5 nitrogen and oxygen atoms in total. The van der Waals surface area contributed by atoms with Gasteiger partial charge in [-0.2, -0.15) is 0 Å². The Bertz CT molecular complexity index is 533. The lowest BCUT2D eigenvalue weighted by molar-refractivity contribution is 0.220. The standard InChI is InChI=1S/C19H30N2O3/c1-13(2)10-15(8-9-22)11-20-19(23)21-14(3)17-12-24-18-7-5-4-6-16(17)18/h4-7,13-15,17,22H,8-12H2,1-3H3,(H2,20,21,23). The average Bonchev–Trinajstić information content (AvgIpc) is 2.96. The smallest absolute Gasteiger partial charge is 0.315 e. The summed E-state index contributed by atoms with van der Waals surface area (Å²) >= 11 is 0. The van der Waals surface area contributed by atoms with Crippen molar-refractivity contribution in [2.75, 3.05) is 19.8 Å². The van der Waals surface area contributed by atoms with E-state index in [1.54, 1.807) is 0 Å². The maximum Gasteiger partial charge on any atom is 0.315 e. The summed E-state index contributed by atoms with van der Waals surface area (Å²) < 4.78 is 5.69. The molecule has 0 radical (unpaired) electrons. The van der Waals surface area contributed by atoms with E-state index in [4.69, 9.17) is 9.84 Å². The van der Waals surface area contributed by atoms with Gasteiger partial charge in [0.2, 0.25) is 0 Å². The van der Waals surface area contributed by atoms with Gasteiger partial charge in [-0.1, -0.05) is 32.0 Å². The van der Waals surface area contributed by atoms with Crippen LogP contribution < -0.4 is 15.4 Å². The average molecular weight is 334 g/mol. The molecule has 0 saturated carbocycles. The molecular formula is C19H30N2O3. The van der Waals surface area contributed by atoms with Gasteiger partial charge in [0.25, 0.3) is 0 Å². The van der Waals surface area contributed by atoms with Crippen LogP contribution in [-0.4, -0.2) is 36.9 Å². The second kappa shape index (κ2) is 8.92. The van der Waals surface area contributed by atoms with E-state index in [0.29, 0.717) is 25.0 Å². The van der Waals surface area contributed by atoms with Gasteiger partial charge in [-0.3, -0.25) is 0 Å². The molecule has 1 aliphatic rings. The minimum Gasteiger partial charge on any atom is -0.493 e. The number of amides is 2. The summed E-state index contributed by atoms with van der Waals surface area (Å²) in [5.74, 6) is 1.96. The summed E-state index contributed by atoms with van der Waals surface area (Å²) in [5, 5.41) is 15.1. The van der Waals surface area contributed by atoms with E-state index in [-0.39, 0.29) is 24.6 Å². The van der Waals surface area contributed by atoms with Gasteiger partial charge < -0.3 is 20.5 Å². The molecule has 1 aromatic rings. The summed E-state index contributed by atoms with van der Waals surface area (Å²) in [5.41, 5.74) is 1.16. The minimum absolute atomic E-state index is 0.00459. The maximum atomic E-state index is 12.2. The van der Waals surface area contributed by atoms with Gasteiger partial charge in [0.05, 0.1) is 6.61 Å². The molecule has 2 amide bonds. The number of ether oxygens (including phenoxy) is 1. The number of fused-ring (bicyclic) bond motifs is 1. The van der Waals surface area contributed by atoms with Crippen molar-refractivity contribution in [3.05, 3.63) is 29.8 Å². The number of benzene rings is 1. The number of rotatable bonds is 8. The number of urea groups is 1. The molecule has 0 saturated heterocycles. The van der Waals surface area contributed by atoms with Crippen molar-refractivity contribution < 1.29 is 14.6 Å². The first kappa shape index (κ1) is 18.6. The molecule has 3 N–H and O–H groups in total. The van der Waals surface area contributed by atoms with Crippen LogP contribution in [0.3, 0.4) is 0 Å². The second-order valence-electron chi connectivity index (χ2n) is 7.11. The molecule has 24 heavy (non-hydrogen) atoms. The lowest BCUT2D eigenvalue weighted by Gasteiger charge is -2.22. The quantitative estimate of drug-likeness (QED) is 0.684. The van der Waals surface area contributed by atoms with Gasteiger partial charge in [0.1, 0.15) is 5.75 Å². The van der Waals surface area contributed by atoms with Crippen molar-refractivity contribution in [1.29, 1.82) is 0 Å². The Morgan fingerprint density at radius 3 is 2.79 bits per heavy atom. The highest BCUT2D eigenvalue weighted by atomic mass is 16.5. The topological polar surface area (TPSA) is 70.6 Å². The molecule has 134 valence electrons. The maximum absolute atomic E-state index is 12.2. The molecule has 2 rings (SSSR count). The number of aliphatic hydroxyl groups is 1. The summed E-state index contributed by atoms with van der Waals surface area (Å²) in [7, 11) is 0. The third-order valence-corrected chi connectivity index (χ3v) is 4.59. The van der Waals surface area contributed by atoms with Crippen molar-refractivity contribution in [1.82, 2.24) is 10.6 Å². The number of para-hydroxylation sites is 1. The van der Waals surface area contributed by atoms with Crippen LogP contribution in [0, 0.1) is 11.8 Å². The van der Waals surface area contributed by atoms with Gasteiger partial charge in [0.15, 0.2) is 0 Å². The summed E-state index contributed by atoms with van der Waals surface area (Å²) in [4.78, 5) is 12.2. The monoisotopic (exact) mass is 334 g/mol. The fourth-order valence-electron chi connectivity index (χ4n) is 3.35. The van der Waals surface area contributed by atoms with Crippen LogP contribution in [0.5, 0.6) is 5.75 Å². The molecule has 1 aliphatic heterocycles. The number of nitrogens with one attached hydrogen (secondary N) is 2. The molecule has 3 unspecified atom stereocenters. The Labute approximate surface area is 144 Å². The van der Waals surface area contributed by atoms with Crippen LogP contribution in [-0.2, 0) is 0 Å². The summed E-state index contributed by atoms with van der Waals surface area (Å²) in [6, 6.07) is 7.82. The van der Waals surface area contributed by atoms with Crippen molar-refractivity contribution in [2.45, 2.75) is 45.6 Å². The van der Waals surface area contributed by atoms with E-state index in [1.807, 2.05) is 25.1 Å². The Morgan fingerprint density at radius 1 is 1.33 bits per heavy atom. The molecule has 0 aliphatic carbocycles. The van der Waals surface area contributed by atoms with Crippen LogP contribution in [0.1, 0.15) is 45.1 Å². The van der Waals surface area contributed by atoms with Crippen molar-refractivity contribution >= 4 is 6.03 Å². The Hall–Kier alpha value is -1.75. The van der Waals surface area contributed by atoms with Crippen LogP contribution in [0.2, 0.25) is 0 Å². The lowest BCUT2D eigenvalue weighted by Crippen LogP contribution is -2.45. The third-order valence-electron chi connectivity index (χ3n) is 4.59. The van der Waals surface area contributed by atoms with Crippen LogP contribution in [0.4, 0.5) is 4.79 Å². The van der Waals surface area contributed by atoms with Gasteiger partial charge >= 0.3 is 6.03 Å². The number of aliphatic hydroxyl groups excluding tert-OH is 1. The van der Waals surface area contributed by atoms with Gasteiger partial charge in [-0.15, -0.1) is 0 Å². The third kappa shape index (κ3) is 5.13. The lowest BCUT2D eigenvalue weighted by atomic mass is 9.94. The predicted molar refractivity (Wildman–Crippen MR) is 95.3 cm³/mol. The molecule has 0 fully saturated rings. The van der Waals surface area contributed by atoms with Crippen molar-refractivity contribution in [3.8, 4) is 5.75 Å². The number of carbonyl (C=O) groups is 1. The highest BCUT2D eigenvalue weighted by Crippen LogP contribution is 2.35. The van der Waals surface area contributed by atoms with Crippen LogP contribution in [0.15, 0.2) is 24.3 Å². The zero-order valence-electron chi connectivity index (χ0n) is 14.9. The molecule has 5 heteroatoms. The Morgan fingerprint density at radius 2 is 2.08 bits per heavy atom. The highest BCUT2D eigenvalue weighted by molar-refractivity contribution is 5.74. The SMILES string of the molecule is CC(C)CC(CCO)CNC(=O)NC(C)C1COc2ccccc21. The summed E-state index contributed by atoms with van der Waals surface area (Å²) in [6.45, 7) is 7.67. The van der Waals surface area contributed by atoms with Crippen molar-refractivity contribution in [2.24, 2.45) is 11.8 Å². The number of hydrogen-bond acceptors (Lipinski definition) is 3. The zero-order valence-corrected chi connectivity index (χ0v) is 14.9. The first-order valence-electron chi connectivity index (χ1n) is 8.88. The van der Waals surface area contributed by atoms with Crippen LogP contribution in [0.25, 0.3) is 0 Å². The van der Waals surface area contributed by atoms with Gasteiger partial charge in [0, 0.05) is 30.7 Å². The largest absolute Gasteiger partial charge is 0.493 e.